The molecule has 0 aliphatic carbocycles. The number of rotatable bonds is 8. The number of benzene rings is 1. The van der Waals surface area contributed by atoms with Gasteiger partial charge in [-0.15, -0.1) is 0 Å². The minimum Gasteiger partial charge on any atom is -0.490 e. The van der Waals surface area contributed by atoms with Crippen molar-refractivity contribution >= 4 is 17.6 Å². The van der Waals surface area contributed by atoms with E-state index >= 15 is 0 Å². The van der Waals surface area contributed by atoms with Crippen LogP contribution in [0.3, 0.4) is 0 Å². The monoisotopic (exact) mass is 311 g/mol. The summed E-state index contributed by atoms with van der Waals surface area (Å²) in [4.78, 5) is 13.1. The van der Waals surface area contributed by atoms with E-state index in [1.807, 2.05) is 18.2 Å². The van der Waals surface area contributed by atoms with E-state index in [0.717, 1.165) is 31.6 Å². The maximum atomic E-state index is 11.4. The second-order valence-corrected chi connectivity index (χ2v) is 5.42. The van der Waals surface area contributed by atoms with Gasteiger partial charge in [0.05, 0.1) is 11.6 Å². The van der Waals surface area contributed by atoms with Crippen molar-refractivity contribution in [2.45, 2.75) is 19.9 Å². The maximum Gasteiger partial charge on any atom is 0.317 e. The van der Waals surface area contributed by atoms with Crippen LogP contribution < -0.4 is 15.4 Å². The number of hydrogen-bond donors (Lipinski definition) is 2. The molecule has 5 nitrogen and oxygen atoms in total. The van der Waals surface area contributed by atoms with Crippen LogP contribution in [0.4, 0.5) is 4.79 Å². The molecule has 6 heteroatoms. The summed E-state index contributed by atoms with van der Waals surface area (Å²) in [7, 11) is 0. The molecule has 0 radical (unpaired) electrons. The van der Waals surface area contributed by atoms with Crippen LogP contribution in [0.2, 0.25) is 5.02 Å². The zero-order valence-corrected chi connectivity index (χ0v) is 13.1. The average molecular weight is 312 g/mol. The lowest BCUT2D eigenvalue weighted by Gasteiger charge is -2.15. The van der Waals surface area contributed by atoms with Gasteiger partial charge in [-0.25, -0.2) is 4.79 Å². The highest BCUT2D eigenvalue weighted by Gasteiger charge is 2.18. The molecule has 1 saturated heterocycles. The third-order valence-corrected chi connectivity index (χ3v) is 3.61. The first-order valence-corrected chi connectivity index (χ1v) is 7.73. The van der Waals surface area contributed by atoms with Gasteiger partial charge in [-0.2, -0.15) is 0 Å². The molecular weight excluding hydrogens is 290 g/mol. The van der Waals surface area contributed by atoms with Gasteiger partial charge in [-0.1, -0.05) is 24.6 Å². The molecule has 0 bridgehead atoms. The molecule has 0 unspecified atom stereocenters. The van der Waals surface area contributed by atoms with Crippen molar-refractivity contribution < 1.29 is 9.53 Å². The van der Waals surface area contributed by atoms with E-state index in [1.54, 1.807) is 4.90 Å². The van der Waals surface area contributed by atoms with Crippen LogP contribution in [0, 0.1) is 0 Å². The summed E-state index contributed by atoms with van der Waals surface area (Å²) in [5.74, 6) is 0.663. The summed E-state index contributed by atoms with van der Waals surface area (Å²) < 4.78 is 5.65. The summed E-state index contributed by atoms with van der Waals surface area (Å²) in [5.41, 5.74) is 1.14. The highest BCUT2D eigenvalue weighted by atomic mass is 35.5. The van der Waals surface area contributed by atoms with Gasteiger partial charge < -0.3 is 20.3 Å². The number of hydrogen-bond acceptors (Lipinski definition) is 3. The molecule has 1 aliphatic rings. The highest BCUT2D eigenvalue weighted by Crippen LogP contribution is 2.25. The minimum absolute atomic E-state index is 0.0259. The largest absolute Gasteiger partial charge is 0.490 e. The van der Waals surface area contributed by atoms with E-state index in [0.29, 0.717) is 30.5 Å². The van der Waals surface area contributed by atoms with E-state index in [4.69, 9.17) is 16.3 Å². The smallest absolute Gasteiger partial charge is 0.317 e. The predicted molar refractivity (Wildman–Crippen MR) is 83.9 cm³/mol. The fourth-order valence-electron chi connectivity index (χ4n) is 2.17. The highest BCUT2D eigenvalue weighted by molar-refractivity contribution is 6.32. The molecule has 1 aliphatic heterocycles. The van der Waals surface area contributed by atoms with E-state index in [2.05, 4.69) is 17.6 Å². The van der Waals surface area contributed by atoms with E-state index in [1.165, 1.54) is 0 Å². The molecule has 116 valence electrons. The van der Waals surface area contributed by atoms with Gasteiger partial charge in [-0.3, -0.25) is 0 Å². The second kappa shape index (κ2) is 8.10. The number of halogens is 1. The Morgan fingerprint density at radius 2 is 2.33 bits per heavy atom. The number of carbonyl (C=O) groups excluding carboxylic acids is 1. The molecule has 2 N–H and O–H groups in total. The Morgan fingerprint density at radius 3 is 3.00 bits per heavy atom. The van der Waals surface area contributed by atoms with Gasteiger partial charge >= 0.3 is 6.03 Å². The molecule has 0 aromatic heterocycles. The second-order valence-electron chi connectivity index (χ2n) is 5.01. The number of ether oxygens (including phenoxy) is 1. The van der Waals surface area contributed by atoms with Gasteiger partial charge in [0.2, 0.25) is 0 Å². The molecule has 2 amide bonds. The molecule has 1 heterocycles. The summed E-state index contributed by atoms with van der Waals surface area (Å²) in [6.07, 6.45) is 1.11. The first-order valence-electron chi connectivity index (χ1n) is 7.35. The summed E-state index contributed by atoms with van der Waals surface area (Å²) >= 11 is 6.22. The van der Waals surface area contributed by atoms with Gasteiger partial charge in [0, 0.05) is 19.6 Å². The van der Waals surface area contributed by atoms with Crippen LogP contribution in [0.1, 0.15) is 18.9 Å². The third kappa shape index (κ3) is 4.79. The topological polar surface area (TPSA) is 53.6 Å². The lowest BCUT2D eigenvalue weighted by atomic mass is 10.2. The molecule has 21 heavy (non-hydrogen) atoms. The first-order chi connectivity index (χ1) is 10.2. The van der Waals surface area contributed by atoms with E-state index in [9.17, 15) is 4.79 Å². The molecule has 1 fully saturated rings. The quantitative estimate of drug-likeness (QED) is 0.724. The number of nitrogens with zero attached hydrogens (tertiary/aromatic N) is 1. The van der Waals surface area contributed by atoms with Crippen LogP contribution >= 0.6 is 11.6 Å². The predicted octanol–water partition coefficient (Wildman–Crippen LogP) is 2.24. The molecule has 0 spiro atoms. The lowest BCUT2D eigenvalue weighted by Crippen LogP contribution is -2.31. The fraction of sp³-hybridized carbons (Fsp3) is 0.533. The third-order valence-electron chi connectivity index (χ3n) is 3.32. The van der Waals surface area contributed by atoms with Crippen molar-refractivity contribution in [1.29, 1.82) is 0 Å². The van der Waals surface area contributed by atoms with Crippen LogP contribution in [0.25, 0.3) is 0 Å². The summed E-state index contributed by atoms with van der Waals surface area (Å²) in [5, 5.41) is 6.70. The van der Waals surface area contributed by atoms with Crippen molar-refractivity contribution in [3.8, 4) is 5.75 Å². The van der Waals surface area contributed by atoms with Crippen molar-refractivity contribution in [3.05, 3.63) is 28.8 Å². The average Bonchev–Trinajstić information content (AvgIpc) is 2.87. The zero-order chi connectivity index (χ0) is 15.1. The van der Waals surface area contributed by atoms with Crippen LogP contribution in [-0.2, 0) is 6.54 Å². The fourth-order valence-corrected chi connectivity index (χ4v) is 2.43. The van der Waals surface area contributed by atoms with E-state index in [-0.39, 0.29) is 6.03 Å². The van der Waals surface area contributed by atoms with Crippen LogP contribution in [0.5, 0.6) is 5.75 Å². The zero-order valence-electron chi connectivity index (χ0n) is 12.3. The lowest BCUT2D eigenvalue weighted by molar-refractivity contribution is 0.202. The molecule has 2 rings (SSSR count). The first kappa shape index (κ1) is 15.9. The summed E-state index contributed by atoms with van der Waals surface area (Å²) in [6, 6.07) is 5.78. The van der Waals surface area contributed by atoms with Gasteiger partial charge in [0.1, 0.15) is 12.4 Å². The van der Waals surface area contributed by atoms with Gasteiger partial charge in [0.25, 0.3) is 0 Å². The van der Waals surface area contributed by atoms with Gasteiger partial charge in [-0.05, 0) is 30.7 Å². The Hall–Kier alpha value is -1.46. The molecule has 0 saturated carbocycles. The number of amides is 2. The molecule has 1 aromatic rings. The summed E-state index contributed by atoms with van der Waals surface area (Å²) in [6.45, 7) is 6.40. The molecular formula is C15H22ClN3O2. The standard InChI is InChI=1S/C15H22ClN3O2/c1-2-5-17-11-12-3-4-14(13(16)10-12)21-9-8-19-7-6-18-15(19)20/h3-4,10,17H,2,5-9,11H2,1H3,(H,18,20). The Labute approximate surface area is 130 Å². The number of carbonyl (C=O) groups is 1. The Balaban J connectivity index is 1.79. The van der Waals surface area contributed by atoms with Gasteiger partial charge in [0.15, 0.2) is 0 Å². The molecule has 0 atom stereocenters. The van der Waals surface area contributed by atoms with Crippen molar-refractivity contribution in [1.82, 2.24) is 15.5 Å². The van der Waals surface area contributed by atoms with Crippen molar-refractivity contribution in [3.63, 3.8) is 0 Å². The Kier molecular flexibility index (Phi) is 6.14. The Bertz CT molecular complexity index is 482. The van der Waals surface area contributed by atoms with E-state index < -0.39 is 0 Å². The number of nitrogens with one attached hydrogen (secondary N) is 2. The van der Waals surface area contributed by atoms with Crippen molar-refractivity contribution in [2.75, 3.05) is 32.8 Å². The SMILES string of the molecule is CCCNCc1ccc(OCCN2CCNC2=O)c(Cl)c1. The Morgan fingerprint density at radius 1 is 1.48 bits per heavy atom. The minimum atomic E-state index is -0.0259. The maximum absolute atomic E-state index is 11.4. The molecule has 1 aromatic carbocycles. The number of urea groups is 1. The van der Waals surface area contributed by atoms with Crippen LogP contribution in [-0.4, -0.2) is 43.7 Å². The van der Waals surface area contributed by atoms with Crippen molar-refractivity contribution in [2.24, 2.45) is 0 Å². The normalized spacial score (nSPS) is 14.4. The van der Waals surface area contributed by atoms with Crippen LogP contribution in [0.15, 0.2) is 18.2 Å².